The third-order valence-corrected chi connectivity index (χ3v) is 8.65. The Hall–Kier alpha value is -3.13. The molecule has 1 aliphatic carbocycles. The van der Waals surface area contributed by atoms with Gasteiger partial charge in [-0.1, -0.05) is 55.7 Å². The van der Waals surface area contributed by atoms with E-state index in [2.05, 4.69) is 21.7 Å². The zero-order valence-electron chi connectivity index (χ0n) is 19.0. The minimum absolute atomic E-state index is 0.0140. The molecule has 2 aromatic heterocycles. The van der Waals surface area contributed by atoms with Crippen LogP contribution < -0.4 is 5.73 Å². The molecule has 0 saturated heterocycles. The number of imidazole rings is 2. The lowest BCUT2D eigenvalue weighted by Gasteiger charge is -2.25. The van der Waals surface area contributed by atoms with Crippen LogP contribution in [0.2, 0.25) is 0 Å². The lowest BCUT2D eigenvalue weighted by Crippen LogP contribution is -2.23. The van der Waals surface area contributed by atoms with Crippen LogP contribution in [0.25, 0.3) is 33.5 Å². The molecule has 0 aliphatic heterocycles. The summed E-state index contributed by atoms with van der Waals surface area (Å²) in [7, 11) is -3.66. The summed E-state index contributed by atoms with van der Waals surface area (Å²) in [5.41, 5.74) is 11.0. The third-order valence-electron chi connectivity index (χ3n) is 6.57. The average molecular weight is 464 g/mol. The van der Waals surface area contributed by atoms with Crippen LogP contribution in [0.15, 0.2) is 54.9 Å². The number of nitrogens with zero attached hydrogens (tertiary/aromatic N) is 4. The largest absolute Gasteiger partial charge is 0.368 e. The standard InChI is InChI=1S/C25H29N5O2S/c1-17(2)33(31,32)30-22-15-19(13-14-21(22)28-25(30)26)24-23(18-9-5-3-6-10-18)27-16-29(24)20-11-7-4-8-12-20/h3,5-6,9-10,13-17,20H,4,7-8,11-12H2,1-2H3,(H2,26,28). The summed E-state index contributed by atoms with van der Waals surface area (Å²) in [6, 6.07) is 16.2. The van der Waals surface area contributed by atoms with E-state index in [9.17, 15) is 8.42 Å². The predicted molar refractivity (Wildman–Crippen MR) is 132 cm³/mol. The number of aromatic nitrogens is 4. The smallest absolute Gasteiger partial charge is 0.244 e. The molecule has 4 aromatic rings. The van der Waals surface area contributed by atoms with Crippen LogP contribution in [-0.4, -0.2) is 32.2 Å². The molecule has 0 bridgehead atoms. The zero-order chi connectivity index (χ0) is 23.2. The molecular formula is C25H29N5O2S. The molecule has 8 heteroatoms. The second-order valence-corrected chi connectivity index (χ2v) is 11.4. The lowest BCUT2D eigenvalue weighted by molar-refractivity contribution is 0.355. The van der Waals surface area contributed by atoms with E-state index in [1.807, 2.05) is 42.7 Å². The van der Waals surface area contributed by atoms with E-state index in [0.717, 1.165) is 35.4 Å². The molecular weight excluding hydrogens is 434 g/mol. The number of benzene rings is 2. The third kappa shape index (κ3) is 3.72. The van der Waals surface area contributed by atoms with E-state index in [0.29, 0.717) is 17.1 Å². The molecule has 172 valence electrons. The molecule has 0 amide bonds. The van der Waals surface area contributed by atoms with Crippen LogP contribution in [0.4, 0.5) is 5.95 Å². The van der Waals surface area contributed by atoms with Crippen molar-refractivity contribution in [3.63, 3.8) is 0 Å². The van der Waals surface area contributed by atoms with Gasteiger partial charge in [0, 0.05) is 17.2 Å². The second-order valence-electron chi connectivity index (χ2n) is 9.04. The van der Waals surface area contributed by atoms with Crippen molar-refractivity contribution in [1.29, 1.82) is 0 Å². The first-order valence-electron chi connectivity index (χ1n) is 11.5. The van der Waals surface area contributed by atoms with Crippen molar-refractivity contribution in [3.05, 3.63) is 54.9 Å². The van der Waals surface area contributed by atoms with Crippen molar-refractivity contribution in [1.82, 2.24) is 18.5 Å². The van der Waals surface area contributed by atoms with E-state index in [-0.39, 0.29) is 5.95 Å². The second kappa shape index (κ2) is 8.33. The number of nitrogens with two attached hydrogens (primary N) is 1. The number of fused-ring (bicyclic) bond motifs is 1. The highest BCUT2D eigenvalue weighted by Crippen LogP contribution is 2.39. The van der Waals surface area contributed by atoms with Crippen LogP contribution >= 0.6 is 0 Å². The Labute approximate surface area is 194 Å². The van der Waals surface area contributed by atoms with Gasteiger partial charge in [0.25, 0.3) is 0 Å². The zero-order valence-corrected chi connectivity index (χ0v) is 19.8. The fourth-order valence-corrected chi connectivity index (χ4v) is 5.93. The van der Waals surface area contributed by atoms with E-state index >= 15 is 0 Å². The predicted octanol–water partition coefficient (Wildman–Crippen LogP) is 5.24. The highest BCUT2D eigenvalue weighted by atomic mass is 32.2. The van der Waals surface area contributed by atoms with Crippen molar-refractivity contribution < 1.29 is 8.42 Å². The van der Waals surface area contributed by atoms with Gasteiger partial charge in [0.05, 0.1) is 34.0 Å². The summed E-state index contributed by atoms with van der Waals surface area (Å²) in [6.45, 7) is 3.30. The van der Waals surface area contributed by atoms with Crippen molar-refractivity contribution >= 4 is 27.0 Å². The molecule has 0 spiro atoms. The molecule has 5 rings (SSSR count). The molecule has 2 N–H and O–H groups in total. The molecule has 0 radical (unpaired) electrons. The van der Waals surface area contributed by atoms with Gasteiger partial charge >= 0.3 is 0 Å². The fraction of sp³-hybridized carbons (Fsp3) is 0.360. The Morgan fingerprint density at radius 2 is 1.73 bits per heavy atom. The number of rotatable bonds is 5. The Kier molecular flexibility index (Phi) is 5.48. The molecule has 1 fully saturated rings. The minimum Gasteiger partial charge on any atom is -0.368 e. The van der Waals surface area contributed by atoms with Crippen molar-refractivity contribution in [2.45, 2.75) is 57.2 Å². The number of hydrogen-bond acceptors (Lipinski definition) is 5. The van der Waals surface area contributed by atoms with Gasteiger partial charge in [0.1, 0.15) is 0 Å². The van der Waals surface area contributed by atoms with Gasteiger partial charge in [-0.3, -0.25) is 0 Å². The number of anilines is 1. The average Bonchev–Trinajstić information content (AvgIpc) is 3.40. The van der Waals surface area contributed by atoms with Crippen LogP contribution in [0, 0.1) is 0 Å². The maximum absolute atomic E-state index is 13.1. The molecule has 7 nitrogen and oxygen atoms in total. The van der Waals surface area contributed by atoms with Gasteiger partial charge < -0.3 is 10.3 Å². The SMILES string of the molecule is CC(C)S(=O)(=O)n1c(N)nc2ccc(-c3c(-c4ccccc4)ncn3C3CCCCC3)cc21. The summed E-state index contributed by atoms with van der Waals surface area (Å²) >= 11 is 0. The summed E-state index contributed by atoms with van der Waals surface area (Å²) in [5.74, 6) is -0.0140. The molecule has 0 atom stereocenters. The first kappa shape index (κ1) is 21.7. The number of hydrogen-bond donors (Lipinski definition) is 1. The molecule has 2 aromatic carbocycles. The molecule has 1 aliphatic rings. The molecule has 33 heavy (non-hydrogen) atoms. The van der Waals surface area contributed by atoms with Crippen LogP contribution in [-0.2, 0) is 10.0 Å². The summed E-state index contributed by atoms with van der Waals surface area (Å²) in [4.78, 5) is 9.14. The van der Waals surface area contributed by atoms with Crippen LogP contribution in [0.3, 0.4) is 0 Å². The maximum Gasteiger partial charge on any atom is 0.244 e. The minimum atomic E-state index is -3.66. The Bertz CT molecular complexity index is 1400. The molecule has 1 saturated carbocycles. The first-order chi connectivity index (χ1) is 15.9. The summed E-state index contributed by atoms with van der Waals surface area (Å²) < 4.78 is 29.6. The van der Waals surface area contributed by atoms with E-state index in [1.165, 1.54) is 23.2 Å². The fourth-order valence-electron chi connectivity index (χ4n) is 4.79. The van der Waals surface area contributed by atoms with Crippen molar-refractivity contribution in [3.8, 4) is 22.5 Å². The van der Waals surface area contributed by atoms with Gasteiger partial charge in [-0.2, -0.15) is 0 Å². The Morgan fingerprint density at radius 1 is 1.00 bits per heavy atom. The first-order valence-corrected chi connectivity index (χ1v) is 13.0. The van der Waals surface area contributed by atoms with Gasteiger partial charge in [-0.05, 0) is 38.8 Å². The van der Waals surface area contributed by atoms with Crippen LogP contribution in [0.1, 0.15) is 52.0 Å². The monoisotopic (exact) mass is 463 g/mol. The van der Waals surface area contributed by atoms with E-state index < -0.39 is 15.3 Å². The summed E-state index contributed by atoms with van der Waals surface area (Å²) in [6.07, 6.45) is 7.85. The van der Waals surface area contributed by atoms with Gasteiger partial charge in [0.2, 0.25) is 16.0 Å². The summed E-state index contributed by atoms with van der Waals surface area (Å²) in [5, 5.41) is -0.617. The molecule has 2 heterocycles. The van der Waals surface area contributed by atoms with Gasteiger partial charge in [-0.25, -0.2) is 22.4 Å². The normalized spacial score (nSPS) is 15.5. The Balaban J connectivity index is 1.74. The molecule has 0 unspecified atom stereocenters. The van der Waals surface area contributed by atoms with Crippen molar-refractivity contribution in [2.24, 2.45) is 0 Å². The van der Waals surface area contributed by atoms with E-state index in [4.69, 9.17) is 10.7 Å². The van der Waals surface area contributed by atoms with Crippen LogP contribution in [0.5, 0.6) is 0 Å². The lowest BCUT2D eigenvalue weighted by atomic mass is 9.94. The maximum atomic E-state index is 13.1. The highest BCUT2D eigenvalue weighted by Gasteiger charge is 2.26. The number of nitrogen functional groups attached to an aromatic ring is 1. The van der Waals surface area contributed by atoms with Gasteiger partial charge in [0.15, 0.2) is 0 Å². The quantitative estimate of drug-likeness (QED) is 0.437. The van der Waals surface area contributed by atoms with Crippen molar-refractivity contribution in [2.75, 3.05) is 5.73 Å². The van der Waals surface area contributed by atoms with E-state index in [1.54, 1.807) is 13.8 Å². The highest BCUT2D eigenvalue weighted by molar-refractivity contribution is 7.90. The van der Waals surface area contributed by atoms with Gasteiger partial charge in [-0.15, -0.1) is 0 Å². The topological polar surface area (TPSA) is 95.8 Å². The Morgan fingerprint density at radius 3 is 2.42 bits per heavy atom.